The monoisotopic (exact) mass is 271 g/mol. The third-order valence-electron chi connectivity index (χ3n) is 4.25. The summed E-state index contributed by atoms with van der Waals surface area (Å²) in [6.45, 7) is 3.81. The number of rotatable bonds is 2. The summed E-state index contributed by atoms with van der Waals surface area (Å²) in [5, 5.41) is 3.38. The summed E-state index contributed by atoms with van der Waals surface area (Å²) in [6.07, 6.45) is 3.44. The predicted molar refractivity (Wildman–Crippen MR) is 75.6 cm³/mol. The molecule has 1 saturated carbocycles. The van der Waals surface area contributed by atoms with E-state index in [1.165, 1.54) is 30.1 Å². The minimum atomic E-state index is -0.171. The second kappa shape index (κ2) is 4.42. The maximum Gasteiger partial charge on any atom is 0.123 e. The summed E-state index contributed by atoms with van der Waals surface area (Å²) < 4.78 is 15.7. The van der Waals surface area contributed by atoms with E-state index in [-0.39, 0.29) is 5.82 Å². The van der Waals surface area contributed by atoms with Gasteiger partial charge in [0.25, 0.3) is 0 Å². The molecule has 2 aromatic rings. The molecule has 1 aromatic heterocycles. The van der Waals surface area contributed by atoms with Crippen LogP contribution in [-0.4, -0.2) is 16.1 Å². The number of hydrogen-bond acceptors (Lipinski definition) is 2. The molecular formula is C16H18FN3. The largest absolute Gasteiger partial charge is 0.311 e. The SMILES string of the molecule is Cc1cc(F)ccc1-n1c(C2CC2)nc2c1CCNC2. The summed E-state index contributed by atoms with van der Waals surface area (Å²) >= 11 is 0. The quantitative estimate of drug-likeness (QED) is 0.910. The van der Waals surface area contributed by atoms with Gasteiger partial charge in [-0.05, 0) is 43.5 Å². The highest BCUT2D eigenvalue weighted by molar-refractivity contribution is 5.45. The van der Waals surface area contributed by atoms with Gasteiger partial charge in [0.2, 0.25) is 0 Å². The van der Waals surface area contributed by atoms with Gasteiger partial charge in [0, 0.05) is 31.1 Å². The van der Waals surface area contributed by atoms with Crippen LogP contribution in [0, 0.1) is 12.7 Å². The van der Waals surface area contributed by atoms with Crippen molar-refractivity contribution in [1.29, 1.82) is 0 Å². The van der Waals surface area contributed by atoms with Gasteiger partial charge in [0.05, 0.1) is 11.4 Å². The molecule has 2 heterocycles. The summed E-state index contributed by atoms with van der Waals surface area (Å²) in [5.74, 6) is 1.59. The molecule has 0 bridgehead atoms. The summed E-state index contributed by atoms with van der Waals surface area (Å²) in [7, 11) is 0. The first-order valence-electron chi connectivity index (χ1n) is 7.31. The van der Waals surface area contributed by atoms with Gasteiger partial charge in [-0.1, -0.05) is 0 Å². The van der Waals surface area contributed by atoms with Gasteiger partial charge >= 0.3 is 0 Å². The van der Waals surface area contributed by atoms with E-state index in [1.54, 1.807) is 12.1 Å². The van der Waals surface area contributed by atoms with Crippen molar-refractivity contribution in [2.75, 3.05) is 6.54 Å². The van der Waals surface area contributed by atoms with Crippen LogP contribution in [-0.2, 0) is 13.0 Å². The standard InChI is InChI=1S/C16H18FN3/c1-10-8-12(17)4-5-14(10)20-15-6-7-18-9-13(15)19-16(20)11-2-3-11/h4-5,8,11,18H,2-3,6-7,9H2,1H3. The number of fused-ring (bicyclic) bond motifs is 1. The lowest BCUT2D eigenvalue weighted by Gasteiger charge is -2.18. The third-order valence-corrected chi connectivity index (χ3v) is 4.25. The second-order valence-electron chi connectivity index (χ2n) is 5.83. The Morgan fingerprint density at radius 1 is 1.35 bits per heavy atom. The topological polar surface area (TPSA) is 29.9 Å². The van der Waals surface area contributed by atoms with Crippen LogP contribution in [0.1, 0.15) is 41.5 Å². The first-order chi connectivity index (χ1) is 9.74. The summed E-state index contributed by atoms with van der Waals surface area (Å²) in [6, 6.07) is 5.05. The van der Waals surface area contributed by atoms with E-state index >= 15 is 0 Å². The lowest BCUT2D eigenvalue weighted by atomic mass is 10.1. The zero-order valence-corrected chi connectivity index (χ0v) is 11.6. The van der Waals surface area contributed by atoms with E-state index in [4.69, 9.17) is 4.98 Å². The van der Waals surface area contributed by atoms with Crippen LogP contribution < -0.4 is 5.32 Å². The predicted octanol–water partition coefficient (Wildman–Crippen LogP) is 2.84. The van der Waals surface area contributed by atoms with Crippen molar-refractivity contribution in [3.63, 3.8) is 0 Å². The van der Waals surface area contributed by atoms with Gasteiger partial charge in [-0.25, -0.2) is 9.37 Å². The zero-order valence-electron chi connectivity index (χ0n) is 11.6. The van der Waals surface area contributed by atoms with Crippen molar-refractivity contribution in [3.05, 3.63) is 46.8 Å². The number of aryl methyl sites for hydroxylation is 1. The van der Waals surface area contributed by atoms with Gasteiger partial charge in [-0.15, -0.1) is 0 Å². The van der Waals surface area contributed by atoms with E-state index in [9.17, 15) is 4.39 Å². The molecule has 0 spiro atoms. The molecule has 0 saturated heterocycles. The third kappa shape index (κ3) is 1.86. The molecule has 1 N–H and O–H groups in total. The molecule has 104 valence electrons. The van der Waals surface area contributed by atoms with E-state index in [2.05, 4.69) is 9.88 Å². The fraction of sp³-hybridized carbons (Fsp3) is 0.438. The lowest BCUT2D eigenvalue weighted by Crippen LogP contribution is -2.25. The fourth-order valence-electron chi connectivity index (χ4n) is 3.09. The normalized spacial score (nSPS) is 18.1. The lowest BCUT2D eigenvalue weighted by molar-refractivity contribution is 0.616. The molecular weight excluding hydrogens is 253 g/mol. The highest BCUT2D eigenvalue weighted by atomic mass is 19.1. The van der Waals surface area contributed by atoms with E-state index in [0.29, 0.717) is 5.92 Å². The first-order valence-corrected chi connectivity index (χ1v) is 7.31. The zero-order chi connectivity index (χ0) is 13.7. The van der Waals surface area contributed by atoms with Crippen LogP contribution in [0.2, 0.25) is 0 Å². The number of nitrogens with one attached hydrogen (secondary N) is 1. The van der Waals surface area contributed by atoms with Crippen molar-refractivity contribution in [1.82, 2.24) is 14.9 Å². The molecule has 0 radical (unpaired) electrons. The van der Waals surface area contributed by atoms with Crippen LogP contribution in [0.3, 0.4) is 0 Å². The maximum absolute atomic E-state index is 13.4. The average Bonchev–Trinajstić information content (AvgIpc) is 3.21. The maximum atomic E-state index is 13.4. The van der Waals surface area contributed by atoms with Gasteiger partial charge in [0.1, 0.15) is 11.6 Å². The van der Waals surface area contributed by atoms with E-state index < -0.39 is 0 Å². The van der Waals surface area contributed by atoms with Gasteiger partial charge in [-0.2, -0.15) is 0 Å². The molecule has 20 heavy (non-hydrogen) atoms. The fourth-order valence-corrected chi connectivity index (χ4v) is 3.09. The van der Waals surface area contributed by atoms with Crippen LogP contribution >= 0.6 is 0 Å². The Morgan fingerprint density at radius 2 is 2.20 bits per heavy atom. The highest BCUT2D eigenvalue weighted by Crippen LogP contribution is 2.42. The number of hydrogen-bond donors (Lipinski definition) is 1. The highest BCUT2D eigenvalue weighted by Gasteiger charge is 2.32. The molecule has 2 aliphatic rings. The number of aromatic nitrogens is 2. The van der Waals surface area contributed by atoms with Crippen molar-refractivity contribution in [3.8, 4) is 5.69 Å². The molecule has 0 atom stereocenters. The Labute approximate surface area is 117 Å². The molecule has 0 amide bonds. The molecule has 1 aliphatic heterocycles. The molecule has 1 aromatic carbocycles. The van der Waals surface area contributed by atoms with E-state index in [1.807, 2.05) is 13.0 Å². The molecule has 4 heteroatoms. The van der Waals surface area contributed by atoms with Gasteiger partial charge in [0.15, 0.2) is 0 Å². The molecule has 0 unspecified atom stereocenters. The van der Waals surface area contributed by atoms with Crippen molar-refractivity contribution in [2.24, 2.45) is 0 Å². The Morgan fingerprint density at radius 3 is 2.95 bits per heavy atom. The molecule has 3 nitrogen and oxygen atoms in total. The van der Waals surface area contributed by atoms with Crippen molar-refractivity contribution in [2.45, 2.75) is 38.6 Å². The minimum Gasteiger partial charge on any atom is -0.311 e. The number of nitrogens with zero attached hydrogens (tertiary/aromatic N) is 2. The Hall–Kier alpha value is -1.68. The van der Waals surface area contributed by atoms with Gasteiger partial charge in [-0.3, -0.25) is 4.57 Å². The van der Waals surface area contributed by atoms with Gasteiger partial charge < -0.3 is 5.32 Å². The van der Waals surface area contributed by atoms with Crippen LogP contribution in [0.5, 0.6) is 0 Å². The second-order valence-corrected chi connectivity index (χ2v) is 5.83. The molecule has 1 fully saturated rings. The minimum absolute atomic E-state index is 0.171. The summed E-state index contributed by atoms with van der Waals surface area (Å²) in [4.78, 5) is 4.86. The van der Waals surface area contributed by atoms with Crippen LogP contribution in [0.15, 0.2) is 18.2 Å². The summed E-state index contributed by atoms with van der Waals surface area (Å²) in [5.41, 5.74) is 4.54. The molecule has 1 aliphatic carbocycles. The first kappa shape index (κ1) is 12.1. The van der Waals surface area contributed by atoms with Crippen LogP contribution in [0.4, 0.5) is 4.39 Å². The van der Waals surface area contributed by atoms with E-state index in [0.717, 1.165) is 30.8 Å². The Bertz CT molecular complexity index is 671. The number of imidazole rings is 1. The van der Waals surface area contributed by atoms with Crippen LogP contribution in [0.25, 0.3) is 5.69 Å². The molecule has 4 rings (SSSR count). The van der Waals surface area contributed by atoms with Crippen molar-refractivity contribution >= 4 is 0 Å². The van der Waals surface area contributed by atoms with Crippen molar-refractivity contribution < 1.29 is 4.39 Å². The Kier molecular flexibility index (Phi) is 2.67. The Balaban J connectivity index is 1.93. The number of halogens is 1. The smallest absolute Gasteiger partial charge is 0.123 e. The average molecular weight is 271 g/mol. The number of benzene rings is 1.